The molecule has 4 nitrogen and oxygen atoms in total. The number of hydrogen-bond acceptors (Lipinski definition) is 3. The predicted octanol–water partition coefficient (Wildman–Crippen LogP) is 6.38. The quantitative estimate of drug-likeness (QED) is 0.205. The smallest absolute Gasteiger partial charge is 0.130 e. The lowest BCUT2D eigenvalue weighted by Gasteiger charge is -2.11. The summed E-state index contributed by atoms with van der Waals surface area (Å²) in [5.74, 6) is 1.26. The Morgan fingerprint density at radius 2 is 1.72 bits per heavy atom. The Morgan fingerprint density at radius 1 is 0.969 bits per heavy atom. The zero-order valence-corrected chi connectivity index (χ0v) is 18.6. The highest BCUT2D eigenvalue weighted by atomic mass is 35.5. The molecule has 0 fully saturated rings. The second-order valence-corrected chi connectivity index (χ2v) is 7.71. The summed E-state index contributed by atoms with van der Waals surface area (Å²) in [6, 6.07) is 27.6. The van der Waals surface area contributed by atoms with Crippen LogP contribution in [0.5, 0.6) is 5.75 Å². The zero-order valence-electron chi connectivity index (χ0n) is 17.8. The van der Waals surface area contributed by atoms with Crippen LogP contribution in [0.3, 0.4) is 0 Å². The van der Waals surface area contributed by atoms with Gasteiger partial charge in [0.25, 0.3) is 0 Å². The molecule has 0 saturated carbocycles. The highest BCUT2D eigenvalue weighted by molar-refractivity contribution is 6.30. The van der Waals surface area contributed by atoms with Crippen molar-refractivity contribution in [3.63, 3.8) is 0 Å². The molecule has 0 radical (unpaired) electrons. The lowest BCUT2D eigenvalue weighted by molar-refractivity contribution is 0.302. The fourth-order valence-corrected chi connectivity index (χ4v) is 3.49. The molecule has 1 heterocycles. The van der Waals surface area contributed by atoms with E-state index in [1.807, 2.05) is 91.9 Å². The molecule has 160 valence electrons. The number of aromatic nitrogens is 1. The van der Waals surface area contributed by atoms with E-state index in [1.165, 1.54) is 0 Å². The van der Waals surface area contributed by atoms with Gasteiger partial charge in [0.05, 0.1) is 11.2 Å². The van der Waals surface area contributed by atoms with Crippen LogP contribution in [0.2, 0.25) is 5.02 Å². The van der Waals surface area contributed by atoms with Crippen LogP contribution in [0.4, 0.5) is 0 Å². The van der Waals surface area contributed by atoms with Crippen molar-refractivity contribution >= 4 is 40.0 Å². The number of fused-ring (bicyclic) bond motifs is 1. The van der Waals surface area contributed by atoms with Crippen molar-refractivity contribution < 1.29 is 4.74 Å². The number of ether oxygens (including phenoxy) is 1. The largest absolute Gasteiger partial charge is 0.487 e. The van der Waals surface area contributed by atoms with Crippen molar-refractivity contribution in [1.82, 2.24) is 4.98 Å². The Hall–Kier alpha value is -3.63. The first-order chi connectivity index (χ1) is 15.6. The molecular formula is C27H24ClN3O. The van der Waals surface area contributed by atoms with Gasteiger partial charge in [-0.3, -0.25) is 4.99 Å². The van der Waals surface area contributed by atoms with Gasteiger partial charge in [0.2, 0.25) is 0 Å². The van der Waals surface area contributed by atoms with Crippen molar-refractivity contribution in [2.75, 3.05) is 6.54 Å². The Labute approximate surface area is 193 Å². The van der Waals surface area contributed by atoms with E-state index in [0.29, 0.717) is 24.0 Å². The molecule has 0 spiro atoms. The number of pyridine rings is 1. The van der Waals surface area contributed by atoms with Crippen molar-refractivity contribution in [3.8, 4) is 5.75 Å². The van der Waals surface area contributed by atoms with Crippen LogP contribution in [0.25, 0.3) is 22.6 Å². The lowest BCUT2D eigenvalue weighted by atomic mass is 10.0. The van der Waals surface area contributed by atoms with Crippen molar-refractivity contribution in [3.05, 3.63) is 107 Å². The monoisotopic (exact) mass is 441 g/mol. The molecule has 0 atom stereocenters. The second-order valence-electron chi connectivity index (χ2n) is 7.28. The Kier molecular flexibility index (Phi) is 6.83. The molecule has 0 amide bonds. The average molecular weight is 442 g/mol. The number of nitrogens with two attached hydrogens (primary N) is 1. The number of aliphatic imine (C=N–C) groups is 1. The summed E-state index contributed by atoms with van der Waals surface area (Å²) < 4.78 is 5.96. The Bertz CT molecular complexity index is 1260. The first-order valence-electron chi connectivity index (χ1n) is 10.5. The summed E-state index contributed by atoms with van der Waals surface area (Å²) in [6.45, 7) is 2.98. The number of benzene rings is 3. The van der Waals surface area contributed by atoms with Crippen LogP contribution in [-0.2, 0) is 6.61 Å². The maximum atomic E-state index is 6.27. The SMILES string of the molecule is CCN=C(N)C(=Cc1ccc(Cl)cc1)c1ccc(OCc2ccc3ccccc3n2)cc1. The zero-order chi connectivity index (χ0) is 22.3. The molecule has 2 N–H and O–H groups in total. The van der Waals surface area contributed by atoms with Crippen molar-refractivity contribution in [1.29, 1.82) is 0 Å². The van der Waals surface area contributed by atoms with Crippen LogP contribution in [0, 0.1) is 0 Å². The third kappa shape index (κ3) is 5.34. The van der Waals surface area contributed by atoms with E-state index in [4.69, 9.17) is 22.1 Å². The van der Waals surface area contributed by atoms with Gasteiger partial charge in [-0.2, -0.15) is 0 Å². The number of hydrogen-bond donors (Lipinski definition) is 1. The third-order valence-corrected chi connectivity index (χ3v) is 5.25. The molecule has 0 unspecified atom stereocenters. The van der Waals surface area contributed by atoms with Crippen LogP contribution in [0.15, 0.2) is 89.9 Å². The van der Waals surface area contributed by atoms with Gasteiger partial charge in [-0.05, 0) is 60.5 Å². The number of rotatable bonds is 7. The fraction of sp³-hybridized carbons (Fsp3) is 0.111. The number of nitrogens with zero attached hydrogens (tertiary/aromatic N) is 2. The fourth-order valence-electron chi connectivity index (χ4n) is 3.36. The summed E-state index contributed by atoms with van der Waals surface area (Å²) in [6.07, 6.45) is 2.01. The van der Waals surface area contributed by atoms with E-state index in [0.717, 1.165) is 39.0 Å². The maximum Gasteiger partial charge on any atom is 0.130 e. The molecule has 0 aliphatic carbocycles. The first kappa shape index (κ1) is 21.6. The molecule has 4 rings (SSSR count). The highest BCUT2D eigenvalue weighted by Crippen LogP contribution is 2.23. The molecule has 1 aromatic heterocycles. The van der Waals surface area contributed by atoms with E-state index in [2.05, 4.69) is 16.0 Å². The molecule has 0 bridgehead atoms. The number of amidine groups is 1. The van der Waals surface area contributed by atoms with Crippen LogP contribution >= 0.6 is 11.6 Å². The van der Waals surface area contributed by atoms with E-state index < -0.39 is 0 Å². The third-order valence-electron chi connectivity index (χ3n) is 4.99. The van der Waals surface area contributed by atoms with Crippen LogP contribution in [0.1, 0.15) is 23.7 Å². The van der Waals surface area contributed by atoms with E-state index in [9.17, 15) is 0 Å². The molecule has 32 heavy (non-hydrogen) atoms. The minimum Gasteiger partial charge on any atom is -0.487 e. The standard InChI is InChI=1S/C27H24ClN3O/c1-2-30-27(29)25(17-19-7-12-22(28)13-8-19)20-10-15-24(16-11-20)32-18-23-14-9-21-5-3-4-6-26(21)31-23/h3-17H,2,18H2,1H3,(H2,29,30). The lowest BCUT2D eigenvalue weighted by Crippen LogP contribution is -2.14. The minimum absolute atomic E-state index is 0.400. The second kappa shape index (κ2) is 10.1. The first-order valence-corrected chi connectivity index (χ1v) is 10.9. The van der Waals surface area contributed by atoms with Gasteiger partial charge in [-0.15, -0.1) is 0 Å². The molecule has 0 aliphatic heterocycles. The highest BCUT2D eigenvalue weighted by Gasteiger charge is 2.08. The molecule has 0 saturated heterocycles. The van der Waals surface area contributed by atoms with Gasteiger partial charge >= 0.3 is 0 Å². The van der Waals surface area contributed by atoms with Gasteiger partial charge in [-0.1, -0.05) is 60.1 Å². The van der Waals surface area contributed by atoms with Crippen molar-refractivity contribution in [2.24, 2.45) is 10.7 Å². The topological polar surface area (TPSA) is 60.5 Å². The molecule has 5 heteroatoms. The normalized spacial score (nSPS) is 12.2. The molecule has 0 aliphatic rings. The van der Waals surface area contributed by atoms with Gasteiger partial charge in [0.15, 0.2) is 0 Å². The molecule has 3 aromatic carbocycles. The Balaban J connectivity index is 1.52. The van der Waals surface area contributed by atoms with Gasteiger partial charge in [0.1, 0.15) is 18.2 Å². The molecule has 4 aromatic rings. The summed E-state index contributed by atoms with van der Waals surface area (Å²) in [4.78, 5) is 9.06. The van der Waals surface area contributed by atoms with E-state index >= 15 is 0 Å². The number of halogens is 1. The average Bonchev–Trinajstić information content (AvgIpc) is 2.83. The number of para-hydroxylation sites is 1. The van der Waals surface area contributed by atoms with Gasteiger partial charge in [0, 0.05) is 22.5 Å². The summed E-state index contributed by atoms with van der Waals surface area (Å²) in [7, 11) is 0. The van der Waals surface area contributed by atoms with E-state index in [-0.39, 0.29) is 0 Å². The maximum absolute atomic E-state index is 6.27. The summed E-state index contributed by atoms with van der Waals surface area (Å²) in [5, 5.41) is 1.81. The van der Waals surface area contributed by atoms with E-state index in [1.54, 1.807) is 0 Å². The predicted molar refractivity (Wildman–Crippen MR) is 134 cm³/mol. The van der Waals surface area contributed by atoms with Gasteiger partial charge in [-0.25, -0.2) is 4.98 Å². The Morgan fingerprint density at radius 3 is 2.47 bits per heavy atom. The summed E-state index contributed by atoms with van der Waals surface area (Å²) in [5.41, 5.74) is 10.9. The van der Waals surface area contributed by atoms with Crippen LogP contribution < -0.4 is 10.5 Å². The minimum atomic E-state index is 0.400. The van der Waals surface area contributed by atoms with Crippen molar-refractivity contribution in [2.45, 2.75) is 13.5 Å². The van der Waals surface area contributed by atoms with Crippen LogP contribution in [-0.4, -0.2) is 17.4 Å². The van der Waals surface area contributed by atoms with Gasteiger partial charge < -0.3 is 10.5 Å². The molecular weight excluding hydrogens is 418 g/mol. The summed E-state index contributed by atoms with van der Waals surface area (Å²) >= 11 is 6.01.